The zero-order valence-electron chi connectivity index (χ0n) is 10.9. The minimum atomic E-state index is -0.772. The quantitative estimate of drug-likeness (QED) is 0.783. The second-order valence-electron chi connectivity index (χ2n) is 4.52. The van der Waals surface area contributed by atoms with E-state index in [1.807, 2.05) is 0 Å². The number of thioether (sulfide) groups is 2. The molecule has 4 nitrogen and oxygen atoms in total. The van der Waals surface area contributed by atoms with Gasteiger partial charge in [0, 0.05) is 11.5 Å². The van der Waals surface area contributed by atoms with E-state index in [4.69, 9.17) is 26.9 Å². The average molecular weight is 310 g/mol. The van der Waals surface area contributed by atoms with E-state index < -0.39 is 11.4 Å². The molecule has 0 aromatic rings. The second-order valence-corrected chi connectivity index (χ2v) is 7.72. The molecule has 0 amide bonds. The Bertz CT molecular complexity index is 307. The lowest BCUT2D eigenvalue weighted by molar-refractivity contribution is -0.191. The molecule has 1 N–H and O–H groups in total. The lowest BCUT2D eigenvalue weighted by atomic mass is 9.97. The summed E-state index contributed by atoms with van der Waals surface area (Å²) in [5.41, 5.74) is -0.701. The lowest BCUT2D eigenvalue weighted by Crippen LogP contribution is -2.26. The Morgan fingerprint density at radius 3 is 2.11 bits per heavy atom. The average Bonchev–Trinajstić information content (AvgIpc) is 2.24. The van der Waals surface area contributed by atoms with Crippen LogP contribution in [0.2, 0.25) is 0 Å². The Hall–Kier alpha value is -0.360. The number of rotatable bonds is 5. The number of hydrogen-bond donors (Lipinski definition) is 1. The predicted octanol–water partition coefficient (Wildman–Crippen LogP) is 2.92. The van der Waals surface area contributed by atoms with Gasteiger partial charge in [0.15, 0.2) is 0 Å². The van der Waals surface area contributed by atoms with Gasteiger partial charge in [0.1, 0.15) is 3.53 Å². The number of carboxylic acid groups (broad SMARTS) is 1. The maximum absolute atomic E-state index is 10.8. The normalized spacial score (nSPS) is 10.3. The van der Waals surface area contributed by atoms with Crippen molar-refractivity contribution >= 4 is 51.4 Å². The Morgan fingerprint density at radius 1 is 1.33 bits per heavy atom. The molecule has 0 unspecified atom stereocenters. The van der Waals surface area contributed by atoms with Crippen molar-refractivity contribution in [1.82, 2.24) is 0 Å². The van der Waals surface area contributed by atoms with E-state index in [-0.39, 0.29) is 6.15 Å². The monoisotopic (exact) mass is 310 g/mol. The van der Waals surface area contributed by atoms with Gasteiger partial charge < -0.3 is 5.11 Å². The zero-order valence-corrected chi connectivity index (χ0v) is 13.3. The molecule has 7 heteroatoms. The summed E-state index contributed by atoms with van der Waals surface area (Å²) in [5.74, 6) is 1.37. The van der Waals surface area contributed by atoms with Crippen molar-refractivity contribution in [3.8, 4) is 0 Å². The third-order valence-corrected chi connectivity index (χ3v) is 5.25. The molecule has 0 aliphatic carbocycles. The molecule has 0 heterocycles. The van der Waals surface area contributed by atoms with Crippen LogP contribution in [0, 0.1) is 11.3 Å². The van der Waals surface area contributed by atoms with Gasteiger partial charge in [-0.1, -0.05) is 26.1 Å². The first-order chi connectivity index (χ1) is 8.17. The molecule has 0 fully saturated rings. The molecule has 0 bridgehead atoms. The van der Waals surface area contributed by atoms with Crippen molar-refractivity contribution in [3.05, 3.63) is 0 Å². The summed E-state index contributed by atoms with van der Waals surface area (Å²) in [6.45, 7) is 7.72. The standard InChI is InChI=1S/C10H18O2S3.CO2/c1-7(2)5-14-9(13)15-6-10(3,4)8(11)12;2-1-3/h7H,5-6H2,1-4H3,(H,11,12);. The molecule has 0 aliphatic rings. The molecule has 0 aromatic carbocycles. The topological polar surface area (TPSA) is 71.4 Å². The molecule has 0 saturated heterocycles. The number of thiocarbonyl (C=S) groups is 1. The minimum absolute atomic E-state index is 0.250. The van der Waals surface area contributed by atoms with Crippen LogP contribution in [-0.4, -0.2) is 32.3 Å². The second kappa shape index (κ2) is 10.6. The fourth-order valence-corrected chi connectivity index (χ4v) is 2.74. The van der Waals surface area contributed by atoms with Gasteiger partial charge in [0.25, 0.3) is 0 Å². The summed E-state index contributed by atoms with van der Waals surface area (Å²) in [6, 6.07) is 0. The molecule has 18 heavy (non-hydrogen) atoms. The predicted molar refractivity (Wildman–Crippen MR) is 78.8 cm³/mol. The van der Waals surface area contributed by atoms with Crippen molar-refractivity contribution in [2.45, 2.75) is 27.7 Å². The van der Waals surface area contributed by atoms with Crippen LogP contribution in [0.1, 0.15) is 27.7 Å². The third kappa shape index (κ3) is 12.1. The molecule has 0 aliphatic heterocycles. The number of carbonyl (C=O) groups excluding carboxylic acids is 2. The van der Waals surface area contributed by atoms with Crippen molar-refractivity contribution in [3.63, 3.8) is 0 Å². The maximum Gasteiger partial charge on any atom is 0.373 e. The van der Waals surface area contributed by atoms with Crippen molar-refractivity contribution < 1.29 is 19.5 Å². The van der Waals surface area contributed by atoms with Gasteiger partial charge >= 0.3 is 12.1 Å². The summed E-state index contributed by atoms with van der Waals surface area (Å²) in [6.07, 6.45) is 0.250. The molecular weight excluding hydrogens is 292 g/mol. The number of hydrogen-bond acceptors (Lipinski definition) is 6. The zero-order chi connectivity index (χ0) is 14.8. The first-order valence-corrected chi connectivity index (χ1v) is 7.57. The summed E-state index contributed by atoms with van der Waals surface area (Å²) in [7, 11) is 0. The summed E-state index contributed by atoms with van der Waals surface area (Å²) < 4.78 is 0.845. The fourth-order valence-electron chi connectivity index (χ4n) is 0.577. The highest BCUT2D eigenvalue weighted by molar-refractivity contribution is 8.47. The van der Waals surface area contributed by atoms with Crippen LogP contribution in [0.3, 0.4) is 0 Å². The van der Waals surface area contributed by atoms with Crippen molar-refractivity contribution in [2.75, 3.05) is 11.5 Å². The molecule has 0 rings (SSSR count). The van der Waals surface area contributed by atoms with Gasteiger partial charge in [-0.3, -0.25) is 4.79 Å². The van der Waals surface area contributed by atoms with E-state index in [2.05, 4.69) is 13.8 Å². The smallest absolute Gasteiger partial charge is 0.373 e. The SMILES string of the molecule is CC(C)CSC(=S)SCC(C)(C)C(=O)O.O=C=O. The van der Waals surface area contributed by atoms with Crippen LogP contribution < -0.4 is 0 Å². The Balaban J connectivity index is 0. The minimum Gasteiger partial charge on any atom is -0.481 e. The van der Waals surface area contributed by atoms with Gasteiger partial charge in [-0.25, -0.2) is 0 Å². The van der Waals surface area contributed by atoms with Crippen LogP contribution in [0.25, 0.3) is 0 Å². The fraction of sp³-hybridized carbons (Fsp3) is 0.727. The van der Waals surface area contributed by atoms with E-state index in [1.54, 1.807) is 25.6 Å². The van der Waals surface area contributed by atoms with Crippen molar-refractivity contribution in [2.24, 2.45) is 11.3 Å². The largest absolute Gasteiger partial charge is 0.481 e. The number of carbonyl (C=O) groups is 1. The van der Waals surface area contributed by atoms with E-state index in [0.29, 0.717) is 11.7 Å². The highest BCUT2D eigenvalue weighted by Crippen LogP contribution is 2.27. The number of aliphatic carboxylic acids is 1. The van der Waals surface area contributed by atoms with Gasteiger partial charge in [0.05, 0.1) is 5.41 Å². The highest BCUT2D eigenvalue weighted by Gasteiger charge is 2.27. The first-order valence-electron chi connectivity index (χ1n) is 5.19. The third-order valence-electron chi connectivity index (χ3n) is 1.66. The molecule has 104 valence electrons. The van der Waals surface area contributed by atoms with Gasteiger partial charge in [-0.2, -0.15) is 9.59 Å². The van der Waals surface area contributed by atoms with Gasteiger partial charge in [-0.15, -0.1) is 23.5 Å². The molecule has 0 aromatic heterocycles. The highest BCUT2D eigenvalue weighted by atomic mass is 32.2. The van der Waals surface area contributed by atoms with Crippen LogP contribution in [-0.2, 0) is 14.4 Å². The molecule has 0 atom stereocenters. The van der Waals surface area contributed by atoms with Crippen molar-refractivity contribution in [1.29, 1.82) is 0 Å². The first kappa shape index (κ1) is 20.0. The van der Waals surface area contributed by atoms with Crippen LogP contribution in [0.4, 0.5) is 0 Å². The summed E-state index contributed by atoms with van der Waals surface area (Å²) in [4.78, 5) is 27.1. The number of carboxylic acids is 1. The van der Waals surface area contributed by atoms with Crippen LogP contribution >= 0.6 is 35.7 Å². The summed E-state index contributed by atoms with van der Waals surface area (Å²) in [5, 5.41) is 8.91. The molecule has 0 saturated carbocycles. The van der Waals surface area contributed by atoms with E-state index in [9.17, 15) is 4.79 Å². The van der Waals surface area contributed by atoms with E-state index in [1.165, 1.54) is 11.8 Å². The van der Waals surface area contributed by atoms with Gasteiger partial charge in [0.2, 0.25) is 0 Å². The van der Waals surface area contributed by atoms with E-state index >= 15 is 0 Å². The van der Waals surface area contributed by atoms with Crippen LogP contribution in [0.15, 0.2) is 0 Å². The Labute approximate surface area is 121 Å². The molecule has 0 radical (unpaired) electrons. The van der Waals surface area contributed by atoms with E-state index in [0.717, 1.165) is 9.28 Å². The molecule has 0 spiro atoms. The Kier molecular flexibility index (Phi) is 11.7. The lowest BCUT2D eigenvalue weighted by Gasteiger charge is -2.18. The van der Waals surface area contributed by atoms with Crippen LogP contribution in [0.5, 0.6) is 0 Å². The summed E-state index contributed by atoms with van der Waals surface area (Å²) >= 11 is 8.27. The van der Waals surface area contributed by atoms with Gasteiger partial charge in [-0.05, 0) is 19.8 Å². The Morgan fingerprint density at radius 2 is 1.78 bits per heavy atom. The maximum atomic E-state index is 10.8. The molecular formula is C11H18O4S3.